The lowest BCUT2D eigenvalue weighted by Gasteiger charge is -2.33. The van der Waals surface area contributed by atoms with Crippen molar-refractivity contribution in [3.8, 4) is 0 Å². The number of benzene rings is 2. The van der Waals surface area contributed by atoms with Gasteiger partial charge in [0.1, 0.15) is 5.82 Å². The lowest BCUT2D eigenvalue weighted by Crippen LogP contribution is -2.50. The molecule has 1 amide bonds. The Kier molecular flexibility index (Phi) is 6.61. The average molecular weight is 490 g/mol. The summed E-state index contributed by atoms with van der Waals surface area (Å²) in [6, 6.07) is 8.76. The quantitative estimate of drug-likeness (QED) is 0.640. The van der Waals surface area contributed by atoms with Gasteiger partial charge < -0.3 is 4.90 Å². The number of amides is 1. The summed E-state index contributed by atoms with van der Waals surface area (Å²) >= 11 is 6.17. The average Bonchev–Trinajstić information content (AvgIpc) is 2.73. The zero-order chi connectivity index (χ0) is 23.0. The highest BCUT2D eigenvalue weighted by molar-refractivity contribution is 7.92. The molecule has 12 heteroatoms. The topological polar surface area (TPSA) is 95.1 Å². The minimum Gasteiger partial charge on any atom is -0.336 e. The number of anilines is 1. The van der Waals surface area contributed by atoms with E-state index in [4.69, 9.17) is 11.6 Å². The van der Waals surface area contributed by atoms with Gasteiger partial charge in [0.25, 0.3) is 15.9 Å². The Bertz CT molecular complexity index is 1200. The van der Waals surface area contributed by atoms with Crippen LogP contribution in [0.1, 0.15) is 10.4 Å². The minimum atomic E-state index is -4.04. The van der Waals surface area contributed by atoms with E-state index in [1.807, 2.05) is 0 Å². The summed E-state index contributed by atoms with van der Waals surface area (Å²) in [5.41, 5.74) is 0.254. The van der Waals surface area contributed by atoms with E-state index in [1.54, 1.807) is 0 Å². The first-order valence-electron chi connectivity index (χ1n) is 9.20. The molecule has 0 unspecified atom stereocenters. The van der Waals surface area contributed by atoms with E-state index in [9.17, 15) is 26.0 Å². The van der Waals surface area contributed by atoms with Crippen LogP contribution < -0.4 is 4.31 Å². The van der Waals surface area contributed by atoms with Crippen LogP contribution in [-0.2, 0) is 20.0 Å². The van der Waals surface area contributed by atoms with Gasteiger partial charge in [-0.3, -0.25) is 9.10 Å². The van der Waals surface area contributed by atoms with Crippen molar-refractivity contribution < 1.29 is 26.0 Å². The lowest BCUT2D eigenvalue weighted by molar-refractivity contribution is 0.0698. The Morgan fingerprint density at radius 3 is 2.13 bits per heavy atom. The first-order chi connectivity index (χ1) is 14.4. The molecule has 31 heavy (non-hydrogen) atoms. The second kappa shape index (κ2) is 8.73. The third-order valence-corrected chi connectivity index (χ3v) is 8.43. The van der Waals surface area contributed by atoms with Gasteiger partial charge in [-0.2, -0.15) is 4.31 Å². The van der Waals surface area contributed by atoms with Crippen molar-refractivity contribution in [2.45, 2.75) is 4.90 Å². The van der Waals surface area contributed by atoms with Crippen LogP contribution in [0.5, 0.6) is 0 Å². The summed E-state index contributed by atoms with van der Waals surface area (Å²) in [6.07, 6.45) is 1.10. The second-order valence-corrected chi connectivity index (χ2v) is 11.4. The smallest absolute Gasteiger partial charge is 0.264 e. The lowest BCUT2D eigenvalue weighted by atomic mass is 10.2. The molecule has 0 saturated carbocycles. The van der Waals surface area contributed by atoms with Crippen LogP contribution in [0.4, 0.5) is 10.1 Å². The van der Waals surface area contributed by atoms with E-state index in [0.717, 1.165) is 22.7 Å². The highest BCUT2D eigenvalue weighted by Crippen LogP contribution is 2.27. The summed E-state index contributed by atoms with van der Waals surface area (Å²) in [6.45, 7) is 0.615. The monoisotopic (exact) mass is 489 g/mol. The minimum absolute atomic E-state index is 0.00283. The fourth-order valence-electron chi connectivity index (χ4n) is 3.17. The molecule has 8 nitrogen and oxygen atoms in total. The maximum Gasteiger partial charge on any atom is 0.264 e. The number of halogens is 2. The van der Waals surface area contributed by atoms with Crippen LogP contribution in [0.2, 0.25) is 5.02 Å². The van der Waals surface area contributed by atoms with Gasteiger partial charge in [0.15, 0.2) is 0 Å². The van der Waals surface area contributed by atoms with Crippen LogP contribution >= 0.6 is 11.6 Å². The number of hydrogen-bond donors (Lipinski definition) is 0. The molecule has 2 aromatic carbocycles. The standard InChI is InChI=1S/C19H21ClFN3O5S2/c1-22(15-5-3-14(21)4-6-15)31(28,29)16-7-8-18(20)17(13-16)19(25)23-9-11-24(12-10-23)30(2,26)27/h3-8,13H,9-12H2,1-2H3. The predicted molar refractivity (Wildman–Crippen MR) is 116 cm³/mol. The molecular weight excluding hydrogens is 469 g/mol. The van der Waals surface area contributed by atoms with Gasteiger partial charge in [-0.05, 0) is 42.5 Å². The van der Waals surface area contributed by atoms with Crippen molar-refractivity contribution in [1.29, 1.82) is 0 Å². The summed E-state index contributed by atoms with van der Waals surface area (Å²) < 4.78 is 64.8. The van der Waals surface area contributed by atoms with Gasteiger partial charge >= 0.3 is 0 Å². The first kappa shape index (κ1) is 23.5. The Labute approximate surface area is 185 Å². The normalized spacial score (nSPS) is 15.7. The maximum atomic E-state index is 13.2. The molecular formula is C19H21ClFN3O5S2. The third kappa shape index (κ3) is 5.00. The number of carbonyl (C=O) groups is 1. The second-order valence-electron chi connectivity index (χ2n) is 7.04. The van der Waals surface area contributed by atoms with Gasteiger partial charge in [0.2, 0.25) is 10.0 Å². The SMILES string of the molecule is CN(c1ccc(F)cc1)S(=O)(=O)c1ccc(Cl)c(C(=O)N2CCN(S(C)(=O)=O)CC2)c1. The molecule has 1 heterocycles. The number of sulfonamides is 2. The van der Waals surface area contributed by atoms with E-state index in [1.165, 1.54) is 46.6 Å². The Hall–Kier alpha value is -2.21. The molecule has 1 fully saturated rings. The molecule has 0 aromatic heterocycles. The van der Waals surface area contributed by atoms with Crippen molar-refractivity contribution in [1.82, 2.24) is 9.21 Å². The predicted octanol–water partition coefficient (Wildman–Crippen LogP) is 2.02. The van der Waals surface area contributed by atoms with Crippen molar-refractivity contribution in [2.75, 3.05) is 43.8 Å². The van der Waals surface area contributed by atoms with Crippen LogP contribution in [-0.4, -0.2) is 71.4 Å². The molecule has 0 aliphatic carbocycles. The highest BCUT2D eigenvalue weighted by Gasteiger charge is 2.29. The Morgan fingerprint density at radius 2 is 1.58 bits per heavy atom. The van der Waals surface area contributed by atoms with Crippen molar-refractivity contribution in [3.63, 3.8) is 0 Å². The molecule has 0 atom stereocenters. The van der Waals surface area contributed by atoms with Crippen LogP contribution in [0.15, 0.2) is 47.4 Å². The van der Waals surface area contributed by atoms with Gasteiger partial charge in [0.05, 0.1) is 27.4 Å². The fourth-order valence-corrected chi connectivity index (χ4v) is 5.42. The number of rotatable bonds is 5. The zero-order valence-corrected chi connectivity index (χ0v) is 19.2. The molecule has 1 aliphatic rings. The molecule has 0 bridgehead atoms. The molecule has 3 rings (SSSR count). The summed E-state index contributed by atoms with van der Waals surface area (Å²) in [4.78, 5) is 14.2. The van der Waals surface area contributed by atoms with Crippen LogP contribution in [0.25, 0.3) is 0 Å². The number of carbonyl (C=O) groups excluding carboxylic acids is 1. The zero-order valence-electron chi connectivity index (χ0n) is 16.8. The molecule has 1 aliphatic heterocycles. The molecule has 0 spiro atoms. The fraction of sp³-hybridized carbons (Fsp3) is 0.316. The Morgan fingerprint density at radius 1 is 1.00 bits per heavy atom. The van der Waals surface area contributed by atoms with Crippen molar-refractivity contribution in [3.05, 3.63) is 58.9 Å². The summed E-state index contributed by atoms with van der Waals surface area (Å²) in [7, 11) is -6.07. The first-order valence-corrected chi connectivity index (χ1v) is 12.9. The highest BCUT2D eigenvalue weighted by atomic mass is 35.5. The number of nitrogens with zero attached hydrogens (tertiary/aromatic N) is 3. The molecule has 0 N–H and O–H groups in total. The summed E-state index contributed by atoms with van der Waals surface area (Å²) in [5, 5.41) is 0.0823. The molecule has 1 saturated heterocycles. The molecule has 2 aromatic rings. The van der Waals surface area contributed by atoms with E-state index >= 15 is 0 Å². The molecule has 168 valence electrons. The van der Waals surface area contributed by atoms with Gasteiger partial charge in [-0.1, -0.05) is 11.6 Å². The maximum absolute atomic E-state index is 13.2. The van der Waals surface area contributed by atoms with E-state index in [2.05, 4.69) is 0 Å². The largest absolute Gasteiger partial charge is 0.336 e. The van der Waals surface area contributed by atoms with Crippen molar-refractivity contribution in [2.24, 2.45) is 0 Å². The third-order valence-electron chi connectivity index (χ3n) is 5.01. The molecule has 0 radical (unpaired) electrons. The summed E-state index contributed by atoms with van der Waals surface area (Å²) in [5.74, 6) is -0.982. The van der Waals surface area contributed by atoms with Gasteiger partial charge in [-0.15, -0.1) is 0 Å². The van der Waals surface area contributed by atoms with E-state index in [0.29, 0.717) is 0 Å². The van der Waals surface area contributed by atoms with Gasteiger partial charge in [-0.25, -0.2) is 21.2 Å². The van der Waals surface area contributed by atoms with Crippen molar-refractivity contribution >= 4 is 43.2 Å². The van der Waals surface area contributed by atoms with Gasteiger partial charge in [0, 0.05) is 33.2 Å². The van der Waals surface area contributed by atoms with E-state index in [-0.39, 0.29) is 47.3 Å². The van der Waals surface area contributed by atoms with E-state index < -0.39 is 31.8 Å². The van der Waals surface area contributed by atoms with Crippen LogP contribution in [0.3, 0.4) is 0 Å². The Balaban J connectivity index is 1.86. The number of piperazine rings is 1. The van der Waals surface area contributed by atoms with Crippen LogP contribution in [0, 0.1) is 5.82 Å². The number of hydrogen-bond acceptors (Lipinski definition) is 5.